The lowest BCUT2D eigenvalue weighted by Gasteiger charge is -2.09. The first-order valence-electron chi connectivity index (χ1n) is 7.51. The van der Waals surface area contributed by atoms with Gasteiger partial charge in [-0.2, -0.15) is 0 Å². The maximum Gasteiger partial charge on any atom is 0.336 e. The van der Waals surface area contributed by atoms with Gasteiger partial charge >= 0.3 is 5.97 Å². The smallest absolute Gasteiger partial charge is 0.336 e. The highest BCUT2D eigenvalue weighted by molar-refractivity contribution is 6.21. The predicted molar refractivity (Wildman–Crippen MR) is 92.0 cm³/mol. The average molecular weight is 294 g/mol. The molecule has 2 nitrogen and oxygen atoms in total. The molecule has 2 rings (SSSR count). The number of hydrogen-bond donors (Lipinski definition) is 1. The highest BCUT2D eigenvalue weighted by Gasteiger charge is 2.13. The summed E-state index contributed by atoms with van der Waals surface area (Å²) in [7, 11) is 0. The van der Waals surface area contributed by atoms with Crippen molar-refractivity contribution < 1.29 is 9.90 Å². The van der Waals surface area contributed by atoms with Crippen molar-refractivity contribution in [2.24, 2.45) is 0 Å². The van der Waals surface area contributed by atoms with Crippen molar-refractivity contribution in [3.05, 3.63) is 70.3 Å². The van der Waals surface area contributed by atoms with E-state index in [2.05, 4.69) is 26.0 Å². The van der Waals surface area contributed by atoms with E-state index in [0.717, 1.165) is 22.3 Å². The topological polar surface area (TPSA) is 37.3 Å². The van der Waals surface area contributed by atoms with Gasteiger partial charge in [-0.1, -0.05) is 61.9 Å². The van der Waals surface area contributed by atoms with E-state index < -0.39 is 5.97 Å². The van der Waals surface area contributed by atoms with Gasteiger partial charge in [0.25, 0.3) is 0 Å². The van der Waals surface area contributed by atoms with Crippen LogP contribution >= 0.6 is 0 Å². The van der Waals surface area contributed by atoms with Crippen LogP contribution in [0.3, 0.4) is 0 Å². The zero-order valence-corrected chi connectivity index (χ0v) is 13.6. The van der Waals surface area contributed by atoms with Crippen LogP contribution in [0.15, 0.2) is 42.5 Å². The van der Waals surface area contributed by atoms with Crippen LogP contribution in [0, 0.1) is 13.8 Å². The van der Waals surface area contributed by atoms with Gasteiger partial charge in [0.1, 0.15) is 0 Å². The molecule has 0 aliphatic heterocycles. The highest BCUT2D eigenvalue weighted by atomic mass is 16.4. The third-order valence-electron chi connectivity index (χ3n) is 3.83. The third-order valence-corrected chi connectivity index (χ3v) is 3.83. The molecule has 0 fully saturated rings. The average Bonchev–Trinajstić information content (AvgIpc) is 2.47. The van der Waals surface area contributed by atoms with E-state index in [-0.39, 0.29) is 0 Å². The van der Waals surface area contributed by atoms with E-state index in [1.165, 1.54) is 5.56 Å². The lowest BCUT2D eigenvalue weighted by molar-refractivity contribution is -0.130. The second-order valence-electron chi connectivity index (χ2n) is 6.00. The van der Waals surface area contributed by atoms with Crippen LogP contribution in [-0.4, -0.2) is 11.1 Å². The lowest BCUT2D eigenvalue weighted by atomic mass is 9.95. The molecule has 1 N–H and O–H groups in total. The molecule has 0 saturated heterocycles. The zero-order chi connectivity index (χ0) is 16.3. The van der Waals surface area contributed by atoms with Crippen LogP contribution < -0.4 is 0 Å². The minimum absolute atomic E-state index is 0.332. The molecule has 0 heterocycles. The van der Waals surface area contributed by atoms with Crippen molar-refractivity contribution in [2.45, 2.75) is 33.6 Å². The quantitative estimate of drug-likeness (QED) is 0.632. The van der Waals surface area contributed by atoms with E-state index in [0.29, 0.717) is 11.5 Å². The van der Waals surface area contributed by atoms with E-state index in [1.807, 2.05) is 44.2 Å². The summed E-state index contributed by atoms with van der Waals surface area (Å²) in [5.41, 5.74) is 5.29. The number of hydrogen-bond acceptors (Lipinski definition) is 1. The zero-order valence-electron chi connectivity index (χ0n) is 13.6. The Kier molecular flexibility index (Phi) is 4.81. The largest absolute Gasteiger partial charge is 0.478 e. The van der Waals surface area contributed by atoms with Gasteiger partial charge < -0.3 is 5.11 Å². The van der Waals surface area contributed by atoms with Gasteiger partial charge in [0.2, 0.25) is 0 Å². The molecule has 2 aromatic rings. The van der Waals surface area contributed by atoms with Crippen LogP contribution in [0.5, 0.6) is 0 Å². The molecule has 0 aromatic heterocycles. The summed E-state index contributed by atoms with van der Waals surface area (Å²) in [5, 5.41) is 9.58. The number of carboxylic acids is 1. The normalized spacial score (nSPS) is 11.8. The van der Waals surface area contributed by atoms with Gasteiger partial charge in [-0.05, 0) is 48.1 Å². The molecule has 0 spiro atoms. The monoisotopic (exact) mass is 294 g/mol. The highest BCUT2D eigenvalue weighted by Crippen LogP contribution is 2.24. The molecule has 0 aliphatic rings. The Hall–Kier alpha value is -2.35. The minimum Gasteiger partial charge on any atom is -0.478 e. The van der Waals surface area contributed by atoms with Crippen molar-refractivity contribution in [2.75, 3.05) is 0 Å². The summed E-state index contributed by atoms with van der Waals surface area (Å²) in [6.07, 6.45) is 1.74. The van der Waals surface area contributed by atoms with Crippen LogP contribution in [0.1, 0.15) is 47.6 Å². The van der Waals surface area contributed by atoms with E-state index >= 15 is 0 Å². The van der Waals surface area contributed by atoms with E-state index in [1.54, 1.807) is 6.08 Å². The molecule has 0 atom stereocenters. The molecule has 0 saturated carbocycles. The summed E-state index contributed by atoms with van der Waals surface area (Å²) in [6.45, 7) is 8.19. The summed E-state index contributed by atoms with van der Waals surface area (Å²) < 4.78 is 0. The van der Waals surface area contributed by atoms with Gasteiger partial charge in [0, 0.05) is 0 Å². The molecule has 0 unspecified atom stereocenters. The molecule has 22 heavy (non-hydrogen) atoms. The fraction of sp³-hybridized carbons (Fsp3) is 0.250. The first-order chi connectivity index (χ1) is 10.4. The Labute approximate surface area is 132 Å². The molecule has 2 aromatic carbocycles. The summed E-state index contributed by atoms with van der Waals surface area (Å²) in [6, 6.07) is 13.9. The molecule has 2 heteroatoms. The second-order valence-corrected chi connectivity index (χ2v) is 6.00. The Morgan fingerprint density at radius 3 is 2.23 bits per heavy atom. The summed E-state index contributed by atoms with van der Waals surface area (Å²) in [5.74, 6) is -0.433. The molecule has 0 amide bonds. The molecular formula is C20H22O2. The van der Waals surface area contributed by atoms with Crippen molar-refractivity contribution in [1.29, 1.82) is 0 Å². The molecule has 114 valence electrons. The second kappa shape index (κ2) is 6.61. The maximum atomic E-state index is 11.7. The Morgan fingerprint density at radius 2 is 1.68 bits per heavy atom. The number of aliphatic carboxylic acids is 1. The standard InChI is InChI=1S/C20H22O2/c1-13(2)17-9-7-16(8-10-17)12-19(20(21)22)18-11-14(3)5-6-15(18)4/h5-13H,1-4H3,(H,21,22)/b19-12-. The lowest BCUT2D eigenvalue weighted by Crippen LogP contribution is -2.02. The van der Waals surface area contributed by atoms with Gasteiger partial charge in [0.15, 0.2) is 0 Å². The summed E-state index contributed by atoms with van der Waals surface area (Å²) >= 11 is 0. The van der Waals surface area contributed by atoms with Crippen LogP contribution in [0.4, 0.5) is 0 Å². The molecular weight excluding hydrogens is 272 g/mol. The fourth-order valence-corrected chi connectivity index (χ4v) is 2.42. The Morgan fingerprint density at radius 1 is 1.05 bits per heavy atom. The number of carbonyl (C=O) groups is 1. The minimum atomic E-state index is -0.901. The maximum absolute atomic E-state index is 11.7. The SMILES string of the molecule is Cc1ccc(C)c(/C(=C/c2ccc(C(C)C)cc2)C(=O)O)c1. The van der Waals surface area contributed by atoms with Gasteiger partial charge in [-0.15, -0.1) is 0 Å². The van der Waals surface area contributed by atoms with Crippen molar-refractivity contribution in [1.82, 2.24) is 0 Å². The molecule has 0 radical (unpaired) electrons. The van der Waals surface area contributed by atoms with Crippen molar-refractivity contribution in [3.63, 3.8) is 0 Å². The van der Waals surface area contributed by atoms with Gasteiger partial charge in [-0.25, -0.2) is 4.79 Å². The van der Waals surface area contributed by atoms with Gasteiger partial charge in [0.05, 0.1) is 5.57 Å². The first-order valence-corrected chi connectivity index (χ1v) is 7.51. The first kappa shape index (κ1) is 16.0. The predicted octanol–water partition coefficient (Wildman–Crippen LogP) is 5.05. The summed E-state index contributed by atoms with van der Waals surface area (Å²) in [4.78, 5) is 11.7. The number of aryl methyl sites for hydroxylation is 2. The van der Waals surface area contributed by atoms with Crippen molar-refractivity contribution >= 4 is 17.6 Å². The number of carboxylic acid groups (broad SMARTS) is 1. The van der Waals surface area contributed by atoms with Crippen LogP contribution in [0.2, 0.25) is 0 Å². The van der Waals surface area contributed by atoms with Crippen LogP contribution in [-0.2, 0) is 4.79 Å². The number of benzene rings is 2. The van der Waals surface area contributed by atoms with Gasteiger partial charge in [-0.3, -0.25) is 0 Å². The molecule has 0 bridgehead atoms. The van der Waals surface area contributed by atoms with Crippen LogP contribution in [0.25, 0.3) is 11.6 Å². The molecule has 0 aliphatic carbocycles. The van der Waals surface area contributed by atoms with E-state index in [4.69, 9.17) is 0 Å². The Bertz CT molecular complexity index is 707. The van der Waals surface area contributed by atoms with E-state index in [9.17, 15) is 9.90 Å². The van der Waals surface area contributed by atoms with Crippen molar-refractivity contribution in [3.8, 4) is 0 Å². The third kappa shape index (κ3) is 3.64. The number of rotatable bonds is 4. The fourth-order valence-electron chi connectivity index (χ4n) is 2.42. The Balaban J connectivity index is 2.47.